The Kier molecular flexibility index (Phi) is 3.43. The van der Waals surface area contributed by atoms with E-state index in [2.05, 4.69) is 15.9 Å². The number of carbonyl (C=O) groups is 2. The lowest BCUT2D eigenvalue weighted by Crippen LogP contribution is -2.45. The predicted octanol–water partition coefficient (Wildman–Crippen LogP) is 2.23. The Balaban J connectivity index is 2.40. The number of hydrogen-bond donors (Lipinski definition) is 0. The van der Waals surface area contributed by atoms with E-state index in [9.17, 15) is 9.59 Å². The highest BCUT2D eigenvalue weighted by Crippen LogP contribution is 2.39. The molecule has 1 aliphatic heterocycles. The maximum Gasteiger partial charge on any atom is 0.255 e. The number of benzene rings is 1. The van der Waals surface area contributed by atoms with Crippen LogP contribution in [0.5, 0.6) is 0 Å². The van der Waals surface area contributed by atoms with Crippen molar-refractivity contribution in [2.45, 2.75) is 19.4 Å². The molecule has 5 heteroatoms. The number of fused-ring (bicyclic) bond motifs is 1. The van der Waals surface area contributed by atoms with Crippen LogP contribution >= 0.6 is 15.9 Å². The van der Waals surface area contributed by atoms with Crippen molar-refractivity contribution in [3.8, 4) is 0 Å². The second-order valence-electron chi connectivity index (χ2n) is 5.43. The fourth-order valence-corrected chi connectivity index (χ4v) is 2.68. The lowest BCUT2D eigenvalue weighted by molar-refractivity contribution is -0.130. The summed E-state index contributed by atoms with van der Waals surface area (Å²) in [5.41, 5.74) is 1.18. The van der Waals surface area contributed by atoms with Gasteiger partial charge in [-0.05, 0) is 31.5 Å². The highest BCUT2D eigenvalue weighted by Gasteiger charge is 2.43. The first kappa shape index (κ1) is 14.1. The van der Waals surface area contributed by atoms with Crippen molar-refractivity contribution in [2.75, 3.05) is 20.6 Å². The van der Waals surface area contributed by atoms with Crippen molar-refractivity contribution >= 4 is 27.7 Å². The zero-order valence-electron chi connectivity index (χ0n) is 11.5. The van der Waals surface area contributed by atoms with Crippen LogP contribution in [0.15, 0.2) is 22.7 Å². The van der Waals surface area contributed by atoms with E-state index in [0.717, 1.165) is 10.0 Å². The number of halogens is 1. The Morgan fingerprint density at radius 1 is 1.37 bits per heavy atom. The van der Waals surface area contributed by atoms with E-state index >= 15 is 0 Å². The number of likely N-dealkylation sites (N-methyl/N-ethyl adjacent to an activating group) is 1. The molecule has 1 heterocycles. The first-order chi connectivity index (χ1) is 8.75. The average molecular weight is 325 g/mol. The number of amides is 2. The molecule has 1 aromatic rings. The molecule has 0 saturated heterocycles. The first-order valence-electron chi connectivity index (χ1n) is 6.07. The second kappa shape index (κ2) is 4.63. The van der Waals surface area contributed by atoms with E-state index in [1.807, 2.05) is 32.0 Å². The van der Waals surface area contributed by atoms with Gasteiger partial charge in [-0.3, -0.25) is 9.59 Å². The molecule has 0 spiro atoms. The minimum Gasteiger partial charge on any atom is -0.347 e. The molecule has 1 aromatic carbocycles. The normalized spacial score (nSPS) is 16.5. The van der Waals surface area contributed by atoms with E-state index in [-0.39, 0.29) is 18.4 Å². The highest BCUT2D eigenvalue weighted by atomic mass is 79.9. The topological polar surface area (TPSA) is 40.6 Å². The predicted molar refractivity (Wildman–Crippen MR) is 76.9 cm³/mol. The lowest BCUT2D eigenvalue weighted by atomic mass is 9.94. The summed E-state index contributed by atoms with van der Waals surface area (Å²) in [7, 11) is 3.39. The fourth-order valence-electron chi connectivity index (χ4n) is 2.32. The molecular formula is C14H17BrN2O2. The zero-order valence-corrected chi connectivity index (χ0v) is 13.1. The summed E-state index contributed by atoms with van der Waals surface area (Å²) in [5, 5.41) is 0. The van der Waals surface area contributed by atoms with Crippen molar-refractivity contribution < 1.29 is 9.59 Å². The monoisotopic (exact) mass is 324 g/mol. The first-order valence-corrected chi connectivity index (χ1v) is 6.86. The van der Waals surface area contributed by atoms with Crippen LogP contribution in [-0.2, 0) is 10.3 Å². The maximum absolute atomic E-state index is 12.5. The van der Waals surface area contributed by atoms with E-state index in [1.165, 1.54) is 4.90 Å². The van der Waals surface area contributed by atoms with Gasteiger partial charge in [0, 0.05) is 24.1 Å². The summed E-state index contributed by atoms with van der Waals surface area (Å²) in [6.07, 6.45) is 0. The van der Waals surface area contributed by atoms with Crippen molar-refractivity contribution in [2.24, 2.45) is 0 Å². The third-order valence-corrected chi connectivity index (χ3v) is 4.08. The van der Waals surface area contributed by atoms with Gasteiger partial charge < -0.3 is 9.80 Å². The Morgan fingerprint density at radius 3 is 2.58 bits per heavy atom. The molecule has 0 bridgehead atoms. The van der Waals surface area contributed by atoms with Gasteiger partial charge in [-0.15, -0.1) is 0 Å². The average Bonchev–Trinajstić information content (AvgIpc) is 2.50. The minimum absolute atomic E-state index is 0.0757. The van der Waals surface area contributed by atoms with Crippen molar-refractivity contribution in [3.05, 3.63) is 33.8 Å². The molecule has 0 saturated carbocycles. The molecule has 2 amide bonds. The largest absolute Gasteiger partial charge is 0.347 e. The van der Waals surface area contributed by atoms with Crippen LogP contribution in [0.25, 0.3) is 0 Å². The molecule has 102 valence electrons. The summed E-state index contributed by atoms with van der Waals surface area (Å²) in [5.74, 6) is -0.162. The molecule has 4 nitrogen and oxygen atoms in total. The van der Waals surface area contributed by atoms with Crippen LogP contribution in [0.1, 0.15) is 29.8 Å². The number of nitrogens with zero attached hydrogens (tertiary/aromatic N) is 2. The van der Waals surface area contributed by atoms with Crippen LogP contribution in [0.4, 0.5) is 0 Å². The van der Waals surface area contributed by atoms with Gasteiger partial charge >= 0.3 is 0 Å². The van der Waals surface area contributed by atoms with Crippen LogP contribution in [0.3, 0.4) is 0 Å². The Hall–Kier alpha value is -1.36. The van der Waals surface area contributed by atoms with E-state index in [4.69, 9.17) is 0 Å². The maximum atomic E-state index is 12.5. The third kappa shape index (κ3) is 2.27. The van der Waals surface area contributed by atoms with Gasteiger partial charge in [-0.1, -0.05) is 22.0 Å². The van der Waals surface area contributed by atoms with Gasteiger partial charge in [0.1, 0.15) is 6.54 Å². The van der Waals surface area contributed by atoms with E-state index in [0.29, 0.717) is 5.56 Å². The summed E-state index contributed by atoms with van der Waals surface area (Å²) >= 11 is 3.38. The van der Waals surface area contributed by atoms with Crippen molar-refractivity contribution in [1.29, 1.82) is 0 Å². The SMILES string of the molecule is CN(C)C(=O)CN1C(=O)c2cc(Br)ccc2C1(C)C. The zero-order chi connectivity index (χ0) is 14.4. The Morgan fingerprint density at radius 2 is 2.00 bits per heavy atom. The number of rotatable bonds is 2. The van der Waals surface area contributed by atoms with Gasteiger partial charge in [-0.25, -0.2) is 0 Å². The summed E-state index contributed by atoms with van der Waals surface area (Å²) in [6.45, 7) is 4.03. The highest BCUT2D eigenvalue weighted by molar-refractivity contribution is 9.10. The van der Waals surface area contributed by atoms with E-state index < -0.39 is 5.54 Å². The van der Waals surface area contributed by atoms with Crippen LogP contribution < -0.4 is 0 Å². The molecule has 0 aromatic heterocycles. The molecule has 1 aliphatic rings. The molecular weight excluding hydrogens is 308 g/mol. The number of hydrogen-bond acceptors (Lipinski definition) is 2. The molecule has 19 heavy (non-hydrogen) atoms. The fraction of sp³-hybridized carbons (Fsp3) is 0.429. The summed E-state index contributed by atoms with van der Waals surface area (Å²) in [4.78, 5) is 27.5. The molecule has 0 aliphatic carbocycles. The van der Waals surface area contributed by atoms with Gasteiger partial charge in [0.15, 0.2) is 0 Å². The molecule has 0 N–H and O–H groups in total. The smallest absolute Gasteiger partial charge is 0.255 e. The van der Waals surface area contributed by atoms with Crippen molar-refractivity contribution in [3.63, 3.8) is 0 Å². The standard InChI is InChI=1S/C14H17BrN2O2/c1-14(2)11-6-5-9(15)7-10(11)13(19)17(14)8-12(18)16(3)4/h5-7H,8H2,1-4H3. The van der Waals surface area contributed by atoms with Gasteiger partial charge in [-0.2, -0.15) is 0 Å². The van der Waals surface area contributed by atoms with Gasteiger partial charge in [0.2, 0.25) is 5.91 Å². The molecule has 0 fully saturated rings. The third-order valence-electron chi connectivity index (χ3n) is 3.58. The lowest BCUT2D eigenvalue weighted by Gasteiger charge is -2.32. The van der Waals surface area contributed by atoms with Gasteiger partial charge in [0.05, 0.1) is 5.54 Å². The molecule has 2 rings (SSSR count). The quantitative estimate of drug-likeness (QED) is 0.837. The minimum atomic E-state index is -0.460. The number of carbonyl (C=O) groups excluding carboxylic acids is 2. The molecule has 0 atom stereocenters. The van der Waals surface area contributed by atoms with Crippen molar-refractivity contribution in [1.82, 2.24) is 9.80 Å². The Labute approximate surface area is 121 Å². The summed E-state index contributed by atoms with van der Waals surface area (Å²) in [6, 6.07) is 5.68. The Bertz CT molecular complexity index is 552. The molecule has 0 unspecified atom stereocenters. The van der Waals surface area contributed by atoms with Crippen LogP contribution in [0.2, 0.25) is 0 Å². The van der Waals surface area contributed by atoms with Crippen LogP contribution in [-0.4, -0.2) is 42.3 Å². The van der Waals surface area contributed by atoms with Gasteiger partial charge in [0.25, 0.3) is 5.91 Å². The summed E-state index contributed by atoms with van der Waals surface area (Å²) < 4.78 is 0.871. The molecule has 0 radical (unpaired) electrons. The van der Waals surface area contributed by atoms with Crippen LogP contribution in [0, 0.1) is 0 Å². The second-order valence-corrected chi connectivity index (χ2v) is 6.34. The van der Waals surface area contributed by atoms with E-state index in [1.54, 1.807) is 19.0 Å².